The Morgan fingerprint density at radius 3 is 2.65 bits per heavy atom. The highest BCUT2D eigenvalue weighted by molar-refractivity contribution is 6.04. The summed E-state index contributed by atoms with van der Waals surface area (Å²) in [6.07, 6.45) is 3.07. The molecule has 0 fully saturated rings. The van der Waals surface area contributed by atoms with Crippen LogP contribution in [0.5, 0.6) is 0 Å². The van der Waals surface area contributed by atoms with Crippen molar-refractivity contribution in [3.63, 3.8) is 0 Å². The predicted molar refractivity (Wildman–Crippen MR) is 63.3 cm³/mol. The van der Waals surface area contributed by atoms with Crippen LogP contribution in [0.15, 0.2) is 42.7 Å². The quantitative estimate of drug-likeness (QED) is 0.861. The Morgan fingerprint density at radius 2 is 1.94 bits per heavy atom. The van der Waals surface area contributed by atoms with Crippen molar-refractivity contribution in [2.24, 2.45) is 0 Å². The van der Waals surface area contributed by atoms with Gasteiger partial charge < -0.3 is 5.32 Å². The molecule has 0 aliphatic carbocycles. The van der Waals surface area contributed by atoms with Gasteiger partial charge in [0.1, 0.15) is 5.82 Å². The van der Waals surface area contributed by atoms with Crippen molar-refractivity contribution < 1.29 is 9.18 Å². The molecular weight excluding hydrogens is 219 g/mol. The number of benzene rings is 1. The van der Waals surface area contributed by atoms with Crippen molar-refractivity contribution in [1.29, 1.82) is 0 Å². The number of hydrogen-bond donors (Lipinski definition) is 1. The first-order valence-corrected chi connectivity index (χ1v) is 5.14. The summed E-state index contributed by atoms with van der Waals surface area (Å²) in [5.41, 5.74) is 1.78. The van der Waals surface area contributed by atoms with E-state index in [1.165, 1.54) is 24.5 Å². The van der Waals surface area contributed by atoms with Gasteiger partial charge in [-0.25, -0.2) is 4.39 Å². The van der Waals surface area contributed by atoms with Gasteiger partial charge in [0.15, 0.2) is 0 Å². The molecule has 0 aliphatic heterocycles. The van der Waals surface area contributed by atoms with E-state index in [0.29, 0.717) is 11.3 Å². The summed E-state index contributed by atoms with van der Waals surface area (Å²) >= 11 is 0. The number of carbonyl (C=O) groups is 1. The van der Waals surface area contributed by atoms with Gasteiger partial charge in [-0.15, -0.1) is 0 Å². The molecule has 1 aromatic carbocycles. The van der Waals surface area contributed by atoms with Crippen LogP contribution >= 0.6 is 0 Å². The number of nitrogens with zero attached hydrogens (tertiary/aromatic N) is 1. The monoisotopic (exact) mass is 230 g/mol. The highest BCUT2D eigenvalue weighted by Gasteiger charge is 2.07. The van der Waals surface area contributed by atoms with E-state index in [0.717, 1.165) is 5.56 Å². The van der Waals surface area contributed by atoms with E-state index in [-0.39, 0.29) is 11.7 Å². The standard InChI is InChI=1S/C13H11FN2O/c1-9-2-3-11(14)8-12(9)16-13(17)10-4-6-15-7-5-10/h2-8H,1H3,(H,16,17). The maximum Gasteiger partial charge on any atom is 0.255 e. The van der Waals surface area contributed by atoms with Crippen LogP contribution in [0.4, 0.5) is 10.1 Å². The van der Waals surface area contributed by atoms with Crippen molar-refractivity contribution in [3.05, 3.63) is 59.7 Å². The first-order valence-electron chi connectivity index (χ1n) is 5.14. The molecule has 0 spiro atoms. The molecule has 0 atom stereocenters. The van der Waals surface area contributed by atoms with Crippen molar-refractivity contribution >= 4 is 11.6 Å². The zero-order valence-electron chi connectivity index (χ0n) is 9.27. The van der Waals surface area contributed by atoms with Gasteiger partial charge in [-0.3, -0.25) is 9.78 Å². The minimum atomic E-state index is -0.374. The van der Waals surface area contributed by atoms with Gasteiger partial charge in [-0.1, -0.05) is 6.07 Å². The van der Waals surface area contributed by atoms with Crippen LogP contribution in [0.1, 0.15) is 15.9 Å². The third-order valence-corrected chi connectivity index (χ3v) is 2.39. The van der Waals surface area contributed by atoms with Crippen molar-refractivity contribution in [1.82, 2.24) is 4.98 Å². The number of hydrogen-bond acceptors (Lipinski definition) is 2. The number of rotatable bonds is 2. The summed E-state index contributed by atoms with van der Waals surface area (Å²) in [5.74, 6) is -0.651. The topological polar surface area (TPSA) is 42.0 Å². The normalized spacial score (nSPS) is 10.0. The lowest BCUT2D eigenvalue weighted by Gasteiger charge is -2.08. The van der Waals surface area contributed by atoms with E-state index in [9.17, 15) is 9.18 Å². The summed E-state index contributed by atoms with van der Waals surface area (Å²) in [5, 5.41) is 2.66. The van der Waals surface area contributed by atoms with Crippen LogP contribution in [0.25, 0.3) is 0 Å². The number of aryl methyl sites for hydroxylation is 1. The highest BCUT2D eigenvalue weighted by Crippen LogP contribution is 2.16. The van der Waals surface area contributed by atoms with Crippen LogP contribution < -0.4 is 5.32 Å². The fourth-order valence-corrected chi connectivity index (χ4v) is 1.43. The van der Waals surface area contributed by atoms with E-state index in [4.69, 9.17) is 0 Å². The maximum atomic E-state index is 13.0. The first-order chi connectivity index (χ1) is 8.16. The molecule has 17 heavy (non-hydrogen) atoms. The number of amides is 1. The van der Waals surface area contributed by atoms with Crippen LogP contribution in [0.2, 0.25) is 0 Å². The summed E-state index contributed by atoms with van der Waals surface area (Å²) in [4.78, 5) is 15.6. The van der Waals surface area contributed by atoms with Gasteiger partial charge in [0.05, 0.1) is 0 Å². The Kier molecular flexibility index (Phi) is 3.14. The van der Waals surface area contributed by atoms with Gasteiger partial charge in [0.25, 0.3) is 5.91 Å². The molecule has 0 saturated carbocycles. The summed E-state index contributed by atoms with van der Waals surface area (Å²) in [6.45, 7) is 1.81. The van der Waals surface area contributed by atoms with Gasteiger partial charge in [-0.2, -0.15) is 0 Å². The second-order valence-corrected chi connectivity index (χ2v) is 3.65. The van der Waals surface area contributed by atoms with Gasteiger partial charge in [-0.05, 0) is 36.8 Å². The summed E-state index contributed by atoms with van der Waals surface area (Å²) < 4.78 is 13.0. The van der Waals surface area contributed by atoms with Crippen LogP contribution in [-0.2, 0) is 0 Å². The second kappa shape index (κ2) is 4.74. The van der Waals surface area contributed by atoms with Crippen molar-refractivity contribution in [3.8, 4) is 0 Å². The molecule has 4 heteroatoms. The minimum Gasteiger partial charge on any atom is -0.322 e. The van der Waals surface area contributed by atoms with Crippen LogP contribution in [0.3, 0.4) is 0 Å². The van der Waals surface area contributed by atoms with Crippen LogP contribution in [-0.4, -0.2) is 10.9 Å². The van der Waals surface area contributed by atoms with E-state index in [1.54, 1.807) is 18.2 Å². The first kappa shape index (κ1) is 11.3. The number of halogens is 1. The van der Waals surface area contributed by atoms with E-state index in [1.807, 2.05) is 6.92 Å². The lowest BCUT2D eigenvalue weighted by molar-refractivity contribution is 0.102. The number of pyridine rings is 1. The summed E-state index contributed by atoms with van der Waals surface area (Å²) in [6, 6.07) is 7.48. The molecule has 1 N–H and O–H groups in total. The Bertz CT molecular complexity index is 540. The molecule has 0 radical (unpaired) electrons. The van der Waals surface area contributed by atoms with Crippen LogP contribution in [0, 0.1) is 12.7 Å². The lowest BCUT2D eigenvalue weighted by Crippen LogP contribution is -2.12. The molecule has 0 bridgehead atoms. The number of aromatic nitrogens is 1. The predicted octanol–water partition coefficient (Wildman–Crippen LogP) is 2.78. The molecule has 2 aromatic rings. The van der Waals surface area contributed by atoms with Crippen molar-refractivity contribution in [2.45, 2.75) is 6.92 Å². The highest BCUT2D eigenvalue weighted by atomic mass is 19.1. The molecule has 2 rings (SSSR count). The van der Waals surface area contributed by atoms with Crippen molar-refractivity contribution in [2.75, 3.05) is 5.32 Å². The molecular formula is C13H11FN2O. The molecule has 3 nitrogen and oxygen atoms in total. The largest absolute Gasteiger partial charge is 0.322 e. The average molecular weight is 230 g/mol. The van der Waals surface area contributed by atoms with Gasteiger partial charge in [0.2, 0.25) is 0 Å². The zero-order valence-corrected chi connectivity index (χ0v) is 9.27. The minimum absolute atomic E-state index is 0.277. The Morgan fingerprint density at radius 1 is 1.24 bits per heavy atom. The third kappa shape index (κ3) is 2.66. The number of anilines is 1. The maximum absolute atomic E-state index is 13.0. The Labute approximate surface area is 98.3 Å². The van der Waals surface area contributed by atoms with Gasteiger partial charge in [0, 0.05) is 23.6 Å². The number of carbonyl (C=O) groups excluding carboxylic acids is 1. The molecule has 86 valence electrons. The Hall–Kier alpha value is -2.23. The van der Waals surface area contributed by atoms with E-state index in [2.05, 4.69) is 10.3 Å². The molecule has 1 aromatic heterocycles. The Balaban J connectivity index is 2.22. The molecule has 1 amide bonds. The lowest BCUT2D eigenvalue weighted by atomic mass is 10.2. The van der Waals surface area contributed by atoms with E-state index < -0.39 is 0 Å². The second-order valence-electron chi connectivity index (χ2n) is 3.65. The molecule has 0 aliphatic rings. The smallest absolute Gasteiger partial charge is 0.255 e. The zero-order chi connectivity index (χ0) is 12.3. The fourth-order valence-electron chi connectivity index (χ4n) is 1.43. The molecule has 1 heterocycles. The fraction of sp³-hybridized carbons (Fsp3) is 0.0769. The van der Waals surface area contributed by atoms with Gasteiger partial charge >= 0.3 is 0 Å². The summed E-state index contributed by atoms with van der Waals surface area (Å²) in [7, 11) is 0. The number of nitrogens with one attached hydrogen (secondary N) is 1. The van der Waals surface area contributed by atoms with E-state index >= 15 is 0 Å². The third-order valence-electron chi connectivity index (χ3n) is 2.39. The molecule has 0 saturated heterocycles. The molecule has 0 unspecified atom stereocenters. The SMILES string of the molecule is Cc1ccc(F)cc1NC(=O)c1ccncc1. The average Bonchev–Trinajstić information content (AvgIpc) is 2.35.